The van der Waals surface area contributed by atoms with E-state index in [-0.39, 0.29) is 16.9 Å². The molecule has 0 radical (unpaired) electrons. The van der Waals surface area contributed by atoms with E-state index in [0.717, 1.165) is 19.5 Å². The number of hydrogen-bond donors (Lipinski definition) is 2. The van der Waals surface area contributed by atoms with Crippen LogP contribution in [0.25, 0.3) is 5.65 Å². The lowest BCUT2D eigenvalue weighted by atomic mass is 10.2. The molecule has 5 rings (SSSR count). The Kier molecular flexibility index (Phi) is 5.01. The molecule has 2 N–H and O–H groups in total. The van der Waals surface area contributed by atoms with E-state index in [4.69, 9.17) is 0 Å². The highest BCUT2D eigenvalue weighted by molar-refractivity contribution is 6.03. The molecule has 3 aromatic rings. The van der Waals surface area contributed by atoms with Gasteiger partial charge in [-0.1, -0.05) is 0 Å². The van der Waals surface area contributed by atoms with Crippen LogP contribution in [0.3, 0.4) is 0 Å². The molecule has 1 unspecified atom stereocenters. The number of nitrogens with one attached hydrogen (secondary N) is 2. The molecule has 3 aromatic heterocycles. The van der Waals surface area contributed by atoms with Gasteiger partial charge < -0.3 is 19.9 Å². The molecule has 4 heterocycles. The minimum atomic E-state index is -2.75. The molecular weight excluding hydrogens is 404 g/mol. The molecule has 10 heteroatoms. The van der Waals surface area contributed by atoms with Crippen molar-refractivity contribution in [2.45, 2.75) is 44.7 Å². The third kappa shape index (κ3) is 4.20. The largest absolute Gasteiger partial charge is 0.354 e. The number of fused-ring (bicyclic) bond motifs is 1. The van der Waals surface area contributed by atoms with Crippen LogP contribution in [0, 0.1) is 6.92 Å². The number of carbonyl (C=O) groups is 1. The molecule has 1 amide bonds. The van der Waals surface area contributed by atoms with Gasteiger partial charge in [-0.25, -0.2) is 23.7 Å². The van der Waals surface area contributed by atoms with Crippen molar-refractivity contribution in [1.29, 1.82) is 0 Å². The zero-order valence-corrected chi connectivity index (χ0v) is 17.1. The van der Waals surface area contributed by atoms with Crippen LogP contribution in [0.4, 0.5) is 20.3 Å². The van der Waals surface area contributed by atoms with Gasteiger partial charge in [-0.2, -0.15) is 0 Å². The standard InChI is InChI=1S/C21H23F2N7O/c1-12-9-30-11-17(15(20(22)23)6-18(30)26-12)28-21(31)16-7-25-19(8-24-16)29-5-4-14(10-29)27-13-2-3-13/h6-9,11,13-14,20,27H,2-5,10H2,1H3,(H,28,31). The molecule has 2 fully saturated rings. The van der Waals surface area contributed by atoms with E-state index in [1.165, 1.54) is 31.3 Å². The summed E-state index contributed by atoms with van der Waals surface area (Å²) in [4.78, 5) is 27.6. The van der Waals surface area contributed by atoms with Crippen molar-refractivity contribution in [3.05, 3.63) is 47.8 Å². The van der Waals surface area contributed by atoms with Crippen LogP contribution >= 0.6 is 0 Å². The Morgan fingerprint density at radius 2 is 2.00 bits per heavy atom. The molecular formula is C21H23F2N7O. The van der Waals surface area contributed by atoms with Gasteiger partial charge in [0.25, 0.3) is 12.3 Å². The second-order valence-corrected chi connectivity index (χ2v) is 8.18. The van der Waals surface area contributed by atoms with Gasteiger partial charge in [0.05, 0.1) is 23.8 Å². The normalized spacial score (nSPS) is 18.8. The summed E-state index contributed by atoms with van der Waals surface area (Å²) in [6.07, 6.45) is 6.88. The highest BCUT2D eigenvalue weighted by Gasteiger charge is 2.30. The number of anilines is 2. The number of aryl methyl sites for hydroxylation is 1. The Bertz CT molecular complexity index is 1110. The maximum atomic E-state index is 13.5. The van der Waals surface area contributed by atoms with Crippen LogP contribution < -0.4 is 15.5 Å². The molecule has 31 heavy (non-hydrogen) atoms. The van der Waals surface area contributed by atoms with E-state index in [2.05, 4.69) is 30.5 Å². The van der Waals surface area contributed by atoms with Gasteiger partial charge in [0, 0.05) is 43.1 Å². The Hall–Kier alpha value is -3.14. The molecule has 2 aliphatic rings. The summed E-state index contributed by atoms with van der Waals surface area (Å²) in [6, 6.07) is 2.39. The third-order valence-electron chi connectivity index (χ3n) is 5.66. The summed E-state index contributed by atoms with van der Waals surface area (Å²) in [5, 5.41) is 6.16. The van der Waals surface area contributed by atoms with Crippen LogP contribution in [0.5, 0.6) is 0 Å². The van der Waals surface area contributed by atoms with E-state index in [1.54, 1.807) is 23.7 Å². The maximum Gasteiger partial charge on any atom is 0.275 e. The smallest absolute Gasteiger partial charge is 0.275 e. The Morgan fingerprint density at radius 1 is 1.16 bits per heavy atom. The summed E-state index contributed by atoms with van der Waals surface area (Å²) in [5.41, 5.74) is 0.890. The van der Waals surface area contributed by atoms with Gasteiger partial charge in [0.1, 0.15) is 17.2 Å². The van der Waals surface area contributed by atoms with Crippen molar-refractivity contribution in [2.75, 3.05) is 23.3 Å². The first-order chi connectivity index (χ1) is 15.0. The number of nitrogens with zero attached hydrogens (tertiary/aromatic N) is 5. The van der Waals surface area contributed by atoms with Crippen LogP contribution in [-0.4, -0.2) is 50.4 Å². The van der Waals surface area contributed by atoms with Gasteiger partial charge in [0.15, 0.2) is 0 Å². The van der Waals surface area contributed by atoms with E-state index < -0.39 is 12.3 Å². The van der Waals surface area contributed by atoms with Crippen molar-refractivity contribution in [3.63, 3.8) is 0 Å². The molecule has 8 nitrogen and oxygen atoms in total. The minimum absolute atomic E-state index is 0.0179. The van der Waals surface area contributed by atoms with Gasteiger partial charge in [-0.3, -0.25) is 4.79 Å². The van der Waals surface area contributed by atoms with Crippen LogP contribution in [0.15, 0.2) is 30.9 Å². The molecule has 1 aliphatic heterocycles. The van der Waals surface area contributed by atoms with Gasteiger partial charge >= 0.3 is 0 Å². The fourth-order valence-electron chi connectivity index (χ4n) is 3.94. The predicted molar refractivity (Wildman–Crippen MR) is 112 cm³/mol. The van der Waals surface area contributed by atoms with Gasteiger partial charge in [-0.05, 0) is 32.3 Å². The first-order valence-corrected chi connectivity index (χ1v) is 10.4. The van der Waals surface area contributed by atoms with Crippen LogP contribution in [0.1, 0.15) is 47.4 Å². The predicted octanol–water partition coefficient (Wildman–Crippen LogP) is 2.95. The van der Waals surface area contributed by atoms with E-state index >= 15 is 0 Å². The third-order valence-corrected chi connectivity index (χ3v) is 5.66. The number of carbonyl (C=O) groups excluding carboxylic acids is 1. The van der Waals surface area contributed by atoms with E-state index in [1.807, 2.05) is 0 Å². The summed E-state index contributed by atoms with van der Waals surface area (Å²) < 4.78 is 28.7. The van der Waals surface area contributed by atoms with Crippen molar-refractivity contribution in [3.8, 4) is 0 Å². The molecule has 0 spiro atoms. The number of rotatable bonds is 6. The molecule has 1 saturated carbocycles. The average molecular weight is 427 g/mol. The van der Waals surface area contributed by atoms with E-state index in [9.17, 15) is 13.6 Å². The summed E-state index contributed by atoms with van der Waals surface area (Å²) in [7, 11) is 0. The summed E-state index contributed by atoms with van der Waals surface area (Å²) >= 11 is 0. The number of alkyl halides is 2. The fraction of sp³-hybridized carbons (Fsp3) is 0.429. The molecule has 162 valence electrons. The number of halogens is 2. The Labute approximate surface area is 177 Å². The molecule has 0 aromatic carbocycles. The van der Waals surface area contributed by atoms with Crippen LogP contribution in [0.2, 0.25) is 0 Å². The highest BCUT2D eigenvalue weighted by Crippen LogP contribution is 2.29. The molecule has 0 bridgehead atoms. The van der Waals surface area contributed by atoms with Crippen molar-refractivity contribution in [2.24, 2.45) is 0 Å². The second kappa shape index (κ2) is 7.84. The first-order valence-electron chi connectivity index (χ1n) is 10.4. The van der Waals surface area contributed by atoms with Crippen molar-refractivity contribution in [1.82, 2.24) is 24.7 Å². The lowest BCUT2D eigenvalue weighted by molar-refractivity contribution is 0.102. The quantitative estimate of drug-likeness (QED) is 0.629. The first kappa shape index (κ1) is 19.8. The lowest BCUT2D eigenvalue weighted by Gasteiger charge is -2.17. The van der Waals surface area contributed by atoms with Crippen molar-refractivity contribution >= 4 is 23.1 Å². The fourth-order valence-corrected chi connectivity index (χ4v) is 3.94. The van der Waals surface area contributed by atoms with Crippen molar-refractivity contribution < 1.29 is 13.6 Å². The highest BCUT2D eigenvalue weighted by atomic mass is 19.3. The van der Waals surface area contributed by atoms with E-state index in [0.29, 0.717) is 29.2 Å². The van der Waals surface area contributed by atoms with Crippen LogP contribution in [-0.2, 0) is 0 Å². The molecule has 1 aliphatic carbocycles. The van der Waals surface area contributed by atoms with Gasteiger partial charge in [0.2, 0.25) is 0 Å². The lowest BCUT2D eigenvalue weighted by Crippen LogP contribution is -2.34. The monoisotopic (exact) mass is 427 g/mol. The summed E-state index contributed by atoms with van der Waals surface area (Å²) in [5.74, 6) is 0.118. The summed E-state index contributed by atoms with van der Waals surface area (Å²) in [6.45, 7) is 3.51. The number of hydrogen-bond acceptors (Lipinski definition) is 6. The van der Waals surface area contributed by atoms with Gasteiger partial charge in [-0.15, -0.1) is 0 Å². The zero-order chi connectivity index (χ0) is 21.5. The maximum absolute atomic E-state index is 13.5. The topological polar surface area (TPSA) is 87.5 Å². The Balaban J connectivity index is 1.30. The average Bonchev–Trinajstić information content (AvgIpc) is 3.30. The number of aromatic nitrogens is 4. The molecule has 1 atom stereocenters. The zero-order valence-electron chi connectivity index (χ0n) is 17.1. The number of amides is 1. The number of imidazole rings is 1. The minimum Gasteiger partial charge on any atom is -0.354 e. The molecule has 1 saturated heterocycles. The number of pyridine rings is 1. The second-order valence-electron chi connectivity index (χ2n) is 8.18. The SMILES string of the molecule is Cc1cn2cc(NC(=O)c3cnc(N4CCC(NC5CC5)C4)cn3)c(C(F)F)cc2n1. The Morgan fingerprint density at radius 3 is 2.71 bits per heavy atom.